The number of amides is 2. The van der Waals surface area contributed by atoms with Gasteiger partial charge in [-0.25, -0.2) is 8.70 Å². The molecular formula is C31H39FN4O4S. The van der Waals surface area contributed by atoms with Crippen LogP contribution in [-0.4, -0.2) is 62.7 Å². The number of benzene rings is 3. The van der Waals surface area contributed by atoms with Gasteiger partial charge in [0, 0.05) is 33.6 Å². The van der Waals surface area contributed by atoms with E-state index >= 15 is 0 Å². The second kappa shape index (κ2) is 14.2. The number of nitrogens with zero attached hydrogens (tertiary/aromatic N) is 3. The van der Waals surface area contributed by atoms with Gasteiger partial charge in [-0.15, -0.1) is 0 Å². The van der Waals surface area contributed by atoms with E-state index in [0.29, 0.717) is 6.54 Å². The number of carbonyl (C=O) groups excluding carboxylic acids is 2. The van der Waals surface area contributed by atoms with Gasteiger partial charge in [0.25, 0.3) is 0 Å². The number of para-hydroxylation sites is 1. The average Bonchev–Trinajstić information content (AvgIpc) is 2.94. The number of nitrogens with one attached hydrogen (secondary N) is 1. The molecule has 0 saturated carbocycles. The third-order valence-corrected chi connectivity index (χ3v) is 8.50. The molecule has 0 spiro atoms. The lowest BCUT2D eigenvalue weighted by Crippen LogP contribution is -2.54. The molecule has 0 fully saturated rings. The third-order valence-electron chi connectivity index (χ3n) is 6.70. The van der Waals surface area contributed by atoms with Crippen LogP contribution in [0.2, 0.25) is 0 Å². The molecule has 1 N–H and O–H groups in total. The SMILES string of the molecule is Cc1ccccc1CN(C(=O)CN(c1ccccc1F)S(=O)(=O)N(C)C)C(Cc1ccccc1)C(=O)NCC(C)C. The summed E-state index contributed by atoms with van der Waals surface area (Å²) in [5.41, 5.74) is 2.31. The van der Waals surface area contributed by atoms with Crippen LogP contribution in [0.3, 0.4) is 0 Å². The number of aryl methyl sites for hydroxylation is 1. The first-order chi connectivity index (χ1) is 19.4. The molecular weight excluding hydrogens is 543 g/mol. The smallest absolute Gasteiger partial charge is 0.304 e. The van der Waals surface area contributed by atoms with Crippen LogP contribution < -0.4 is 9.62 Å². The Balaban J connectivity index is 2.11. The molecule has 41 heavy (non-hydrogen) atoms. The first kappa shape index (κ1) is 31.8. The Morgan fingerprint density at radius 1 is 0.902 bits per heavy atom. The highest BCUT2D eigenvalue weighted by atomic mass is 32.2. The normalized spacial score (nSPS) is 12.3. The van der Waals surface area contributed by atoms with Crippen molar-refractivity contribution >= 4 is 27.7 Å². The summed E-state index contributed by atoms with van der Waals surface area (Å²) in [5.74, 6) is -1.59. The van der Waals surface area contributed by atoms with Gasteiger partial charge < -0.3 is 10.2 Å². The predicted octanol–water partition coefficient (Wildman–Crippen LogP) is 4.16. The fourth-order valence-corrected chi connectivity index (χ4v) is 5.37. The molecule has 3 rings (SSSR count). The summed E-state index contributed by atoms with van der Waals surface area (Å²) in [6.07, 6.45) is 0.211. The highest BCUT2D eigenvalue weighted by molar-refractivity contribution is 7.90. The lowest BCUT2D eigenvalue weighted by Gasteiger charge is -2.34. The predicted molar refractivity (Wildman–Crippen MR) is 160 cm³/mol. The molecule has 3 aromatic carbocycles. The quantitative estimate of drug-likeness (QED) is 0.328. The Labute approximate surface area is 243 Å². The second-order valence-electron chi connectivity index (χ2n) is 10.5. The van der Waals surface area contributed by atoms with Gasteiger partial charge in [0.2, 0.25) is 11.8 Å². The van der Waals surface area contributed by atoms with Crippen molar-refractivity contribution in [3.63, 3.8) is 0 Å². The Bertz CT molecular complexity index is 1430. The Morgan fingerprint density at radius 3 is 2.12 bits per heavy atom. The van der Waals surface area contributed by atoms with E-state index in [1.807, 2.05) is 75.4 Å². The largest absolute Gasteiger partial charge is 0.354 e. The monoisotopic (exact) mass is 582 g/mol. The number of carbonyl (C=O) groups is 2. The number of hydrogen-bond acceptors (Lipinski definition) is 4. The molecule has 0 aliphatic rings. The maximum atomic E-state index is 14.9. The first-order valence-electron chi connectivity index (χ1n) is 13.5. The van der Waals surface area contributed by atoms with Crippen molar-refractivity contribution in [2.75, 3.05) is 31.5 Å². The maximum absolute atomic E-state index is 14.9. The summed E-state index contributed by atoms with van der Waals surface area (Å²) in [7, 11) is -1.64. The maximum Gasteiger partial charge on any atom is 0.304 e. The number of hydrogen-bond donors (Lipinski definition) is 1. The molecule has 0 aliphatic carbocycles. The van der Waals surface area contributed by atoms with Crippen molar-refractivity contribution < 1.29 is 22.4 Å². The van der Waals surface area contributed by atoms with E-state index in [-0.39, 0.29) is 30.5 Å². The van der Waals surface area contributed by atoms with Crippen LogP contribution in [-0.2, 0) is 32.8 Å². The molecule has 0 bridgehead atoms. The zero-order valence-electron chi connectivity index (χ0n) is 24.2. The fraction of sp³-hybridized carbons (Fsp3) is 0.355. The number of anilines is 1. The van der Waals surface area contributed by atoms with Gasteiger partial charge in [-0.1, -0.05) is 80.6 Å². The minimum absolute atomic E-state index is 0.0607. The summed E-state index contributed by atoms with van der Waals surface area (Å²) < 4.78 is 43.3. The van der Waals surface area contributed by atoms with E-state index in [0.717, 1.165) is 31.4 Å². The van der Waals surface area contributed by atoms with Crippen LogP contribution in [0.5, 0.6) is 0 Å². The molecule has 0 heterocycles. The molecule has 0 radical (unpaired) electrons. The van der Waals surface area contributed by atoms with Gasteiger partial charge in [-0.2, -0.15) is 12.7 Å². The zero-order valence-corrected chi connectivity index (χ0v) is 25.1. The van der Waals surface area contributed by atoms with Crippen LogP contribution in [0.1, 0.15) is 30.5 Å². The molecule has 0 aromatic heterocycles. The Hall–Kier alpha value is -3.76. The van der Waals surface area contributed by atoms with E-state index in [1.54, 1.807) is 0 Å². The fourth-order valence-electron chi connectivity index (χ4n) is 4.30. The second-order valence-corrected chi connectivity index (χ2v) is 12.6. The highest BCUT2D eigenvalue weighted by Gasteiger charge is 2.35. The Kier molecular flexibility index (Phi) is 11.0. The molecule has 220 valence electrons. The third kappa shape index (κ3) is 8.37. The van der Waals surface area contributed by atoms with E-state index in [1.165, 1.54) is 37.2 Å². The van der Waals surface area contributed by atoms with Crippen molar-refractivity contribution in [1.82, 2.24) is 14.5 Å². The van der Waals surface area contributed by atoms with Gasteiger partial charge in [0.05, 0.1) is 5.69 Å². The Morgan fingerprint density at radius 2 is 1.51 bits per heavy atom. The van der Waals surface area contributed by atoms with Crippen molar-refractivity contribution in [2.45, 2.75) is 39.8 Å². The summed E-state index contributed by atoms with van der Waals surface area (Å²) in [6.45, 7) is 5.63. The lowest BCUT2D eigenvalue weighted by molar-refractivity contribution is -0.140. The van der Waals surface area contributed by atoms with Crippen LogP contribution >= 0.6 is 0 Å². The summed E-state index contributed by atoms with van der Waals surface area (Å²) >= 11 is 0. The van der Waals surface area contributed by atoms with Crippen molar-refractivity contribution in [3.8, 4) is 0 Å². The van der Waals surface area contributed by atoms with E-state index in [9.17, 15) is 22.4 Å². The highest BCUT2D eigenvalue weighted by Crippen LogP contribution is 2.24. The van der Waals surface area contributed by atoms with E-state index < -0.39 is 34.5 Å². The van der Waals surface area contributed by atoms with Crippen molar-refractivity contribution in [1.29, 1.82) is 0 Å². The van der Waals surface area contributed by atoms with Gasteiger partial charge in [-0.3, -0.25) is 9.59 Å². The molecule has 8 nitrogen and oxygen atoms in total. The summed E-state index contributed by atoms with van der Waals surface area (Å²) in [4.78, 5) is 29.3. The summed E-state index contributed by atoms with van der Waals surface area (Å²) in [5, 5.41) is 2.95. The first-order valence-corrected chi connectivity index (χ1v) is 14.9. The van der Waals surface area contributed by atoms with Gasteiger partial charge in [-0.05, 0) is 41.7 Å². The molecule has 10 heteroatoms. The molecule has 2 amide bonds. The minimum atomic E-state index is -4.27. The van der Waals surface area contributed by atoms with Gasteiger partial charge >= 0.3 is 10.2 Å². The van der Waals surface area contributed by atoms with Crippen LogP contribution in [0.4, 0.5) is 10.1 Å². The van der Waals surface area contributed by atoms with Crippen LogP contribution in [0.25, 0.3) is 0 Å². The number of halogens is 1. The molecule has 0 saturated heterocycles. The van der Waals surface area contributed by atoms with Gasteiger partial charge in [0.15, 0.2) is 0 Å². The molecule has 0 aliphatic heterocycles. The molecule has 3 aromatic rings. The van der Waals surface area contributed by atoms with Crippen molar-refractivity contribution in [3.05, 3.63) is 101 Å². The average molecular weight is 583 g/mol. The molecule has 1 unspecified atom stereocenters. The van der Waals surface area contributed by atoms with Crippen molar-refractivity contribution in [2.24, 2.45) is 5.92 Å². The van der Waals surface area contributed by atoms with E-state index in [4.69, 9.17) is 0 Å². The zero-order chi connectivity index (χ0) is 30.2. The number of rotatable bonds is 13. The lowest BCUT2D eigenvalue weighted by atomic mass is 10.0. The summed E-state index contributed by atoms with van der Waals surface area (Å²) in [6, 6.07) is 21.3. The van der Waals surface area contributed by atoms with Gasteiger partial charge in [0.1, 0.15) is 18.4 Å². The molecule has 1 atom stereocenters. The topological polar surface area (TPSA) is 90.0 Å². The van der Waals surface area contributed by atoms with Crippen LogP contribution in [0.15, 0.2) is 78.9 Å². The van der Waals surface area contributed by atoms with E-state index in [2.05, 4.69) is 5.32 Å². The van der Waals surface area contributed by atoms with Crippen LogP contribution in [0, 0.1) is 18.7 Å². The standard InChI is InChI=1S/C31H39FN4O4S/c1-23(2)20-33-31(38)29(19-25-14-7-6-8-15-25)35(21-26-16-10-9-13-24(26)3)30(37)22-36(41(39,40)34(4)5)28-18-12-11-17-27(28)32/h6-18,23,29H,19-22H2,1-5H3,(H,33,38). The minimum Gasteiger partial charge on any atom is -0.354 e.